The largest absolute Gasteiger partial charge is 0.305 e. The van der Waals surface area contributed by atoms with Gasteiger partial charge in [0.25, 0.3) is 0 Å². The Labute approximate surface area is 126 Å². The Hall–Kier alpha value is -0.900. The molecule has 4 aliphatic rings. The third-order valence-corrected chi connectivity index (χ3v) is 5.93. The Balaban J connectivity index is 1.35. The summed E-state index contributed by atoms with van der Waals surface area (Å²) in [6.07, 6.45) is 10.2. The number of carbonyl (C=O) groups is 2. The smallest absolute Gasteiger partial charge is 0.247 e. The Kier molecular flexibility index (Phi) is 3.52. The molecule has 3 saturated carbocycles. The van der Waals surface area contributed by atoms with Crippen LogP contribution in [0.2, 0.25) is 0 Å². The van der Waals surface area contributed by atoms with E-state index in [0.717, 1.165) is 50.0 Å². The first-order chi connectivity index (χ1) is 10.2. The molecule has 1 aliphatic heterocycles. The van der Waals surface area contributed by atoms with Gasteiger partial charge in [-0.2, -0.15) is 0 Å². The summed E-state index contributed by atoms with van der Waals surface area (Å²) in [5, 5.41) is 3.45. The molecule has 4 rings (SSSR count). The highest BCUT2D eigenvalue weighted by Gasteiger charge is 2.45. The lowest BCUT2D eigenvalue weighted by molar-refractivity contribution is -0.141. The first-order valence-corrected chi connectivity index (χ1v) is 8.83. The summed E-state index contributed by atoms with van der Waals surface area (Å²) in [5.74, 6) is 2.65. The molecule has 0 radical (unpaired) electrons. The van der Waals surface area contributed by atoms with Crippen LogP contribution in [0.3, 0.4) is 0 Å². The van der Waals surface area contributed by atoms with Crippen molar-refractivity contribution >= 4 is 11.8 Å². The maximum atomic E-state index is 12.5. The summed E-state index contributed by atoms with van der Waals surface area (Å²) in [4.78, 5) is 26.3. The lowest BCUT2D eigenvalue weighted by Gasteiger charge is -2.23. The van der Waals surface area contributed by atoms with Crippen molar-refractivity contribution in [3.8, 4) is 0 Å². The molecule has 1 unspecified atom stereocenters. The number of likely N-dealkylation sites (tertiary alicyclic amines) is 1. The van der Waals surface area contributed by atoms with Crippen molar-refractivity contribution in [1.29, 1.82) is 0 Å². The molecule has 0 bridgehead atoms. The molecule has 1 atom stereocenters. The van der Waals surface area contributed by atoms with E-state index in [2.05, 4.69) is 5.32 Å². The molecule has 0 aromatic heterocycles. The molecule has 3 aliphatic carbocycles. The van der Waals surface area contributed by atoms with Crippen LogP contribution in [-0.4, -0.2) is 35.3 Å². The van der Waals surface area contributed by atoms with Gasteiger partial charge >= 0.3 is 0 Å². The molecule has 21 heavy (non-hydrogen) atoms. The number of rotatable bonds is 6. The van der Waals surface area contributed by atoms with E-state index < -0.39 is 0 Å². The minimum atomic E-state index is -0.238. The first kappa shape index (κ1) is 13.7. The maximum absolute atomic E-state index is 12.5. The minimum absolute atomic E-state index is 0.0530. The van der Waals surface area contributed by atoms with Crippen molar-refractivity contribution in [2.75, 3.05) is 6.54 Å². The van der Waals surface area contributed by atoms with E-state index in [9.17, 15) is 9.59 Å². The average Bonchev–Trinajstić information content (AvgIpc) is 3.38. The molecule has 1 heterocycles. The van der Waals surface area contributed by atoms with Crippen molar-refractivity contribution in [2.24, 2.45) is 17.8 Å². The predicted molar refractivity (Wildman–Crippen MR) is 79.5 cm³/mol. The van der Waals surface area contributed by atoms with Gasteiger partial charge in [0.2, 0.25) is 11.8 Å². The van der Waals surface area contributed by atoms with Gasteiger partial charge in [-0.1, -0.05) is 12.8 Å². The number of carbonyl (C=O) groups excluding carboxylic acids is 2. The van der Waals surface area contributed by atoms with Gasteiger partial charge in [-0.3, -0.25) is 14.5 Å². The first-order valence-electron chi connectivity index (χ1n) is 8.83. The average molecular weight is 290 g/mol. The van der Waals surface area contributed by atoms with Crippen LogP contribution in [0.4, 0.5) is 0 Å². The Morgan fingerprint density at radius 2 is 1.62 bits per heavy atom. The summed E-state index contributed by atoms with van der Waals surface area (Å²) in [6, 6.07) is -0.0439. The second kappa shape index (κ2) is 5.38. The fourth-order valence-corrected chi connectivity index (χ4v) is 4.40. The summed E-state index contributed by atoms with van der Waals surface area (Å²) >= 11 is 0. The fourth-order valence-electron chi connectivity index (χ4n) is 4.40. The van der Waals surface area contributed by atoms with Crippen LogP contribution >= 0.6 is 0 Å². The van der Waals surface area contributed by atoms with Crippen LogP contribution in [0.1, 0.15) is 57.8 Å². The van der Waals surface area contributed by atoms with Gasteiger partial charge in [-0.05, 0) is 62.8 Å². The van der Waals surface area contributed by atoms with Crippen LogP contribution < -0.4 is 5.32 Å². The van der Waals surface area contributed by atoms with E-state index in [4.69, 9.17) is 0 Å². The third kappa shape index (κ3) is 2.75. The molecule has 0 aromatic carbocycles. The predicted octanol–water partition coefficient (Wildman–Crippen LogP) is 2.08. The van der Waals surface area contributed by atoms with E-state index in [1.165, 1.54) is 25.7 Å². The highest BCUT2D eigenvalue weighted by Crippen LogP contribution is 2.48. The zero-order valence-corrected chi connectivity index (χ0v) is 12.7. The van der Waals surface area contributed by atoms with Gasteiger partial charge in [0.15, 0.2) is 0 Å². The van der Waals surface area contributed by atoms with E-state index >= 15 is 0 Å². The highest BCUT2D eigenvalue weighted by atomic mass is 16.2. The maximum Gasteiger partial charge on any atom is 0.247 e. The van der Waals surface area contributed by atoms with Gasteiger partial charge in [-0.25, -0.2) is 0 Å². The van der Waals surface area contributed by atoms with Gasteiger partial charge in [-0.15, -0.1) is 0 Å². The number of amides is 2. The Bertz CT molecular complexity index is 424. The van der Waals surface area contributed by atoms with E-state index in [0.29, 0.717) is 6.42 Å². The van der Waals surface area contributed by atoms with Crippen LogP contribution in [0.5, 0.6) is 0 Å². The number of hydrogen-bond donors (Lipinski definition) is 1. The van der Waals surface area contributed by atoms with E-state index in [1.807, 2.05) is 0 Å². The van der Waals surface area contributed by atoms with E-state index in [-0.39, 0.29) is 23.9 Å². The van der Waals surface area contributed by atoms with Crippen molar-refractivity contribution in [3.63, 3.8) is 0 Å². The van der Waals surface area contributed by atoms with Crippen molar-refractivity contribution in [3.05, 3.63) is 0 Å². The number of imide groups is 1. The summed E-state index contributed by atoms with van der Waals surface area (Å²) < 4.78 is 0. The summed E-state index contributed by atoms with van der Waals surface area (Å²) in [5.41, 5.74) is 0. The van der Waals surface area contributed by atoms with Gasteiger partial charge < -0.3 is 5.32 Å². The molecular formula is C17H26N2O2. The Morgan fingerprint density at radius 3 is 2.19 bits per heavy atom. The fraction of sp³-hybridized carbons (Fsp3) is 0.882. The molecule has 2 amide bonds. The lowest BCUT2D eigenvalue weighted by atomic mass is 9.97. The van der Waals surface area contributed by atoms with Crippen molar-refractivity contribution < 1.29 is 9.59 Å². The number of nitrogens with zero attached hydrogens (tertiary/aromatic N) is 1. The highest BCUT2D eigenvalue weighted by molar-refractivity contribution is 6.05. The second-order valence-electron chi connectivity index (χ2n) is 7.54. The number of hydrogen-bond acceptors (Lipinski definition) is 3. The van der Waals surface area contributed by atoms with Crippen molar-refractivity contribution in [1.82, 2.24) is 10.2 Å². The summed E-state index contributed by atoms with van der Waals surface area (Å²) in [7, 11) is 0. The molecule has 0 spiro atoms. The normalized spacial score (nSPS) is 30.9. The lowest BCUT2D eigenvalue weighted by Crippen LogP contribution is -2.44. The van der Waals surface area contributed by atoms with Gasteiger partial charge in [0.1, 0.15) is 0 Å². The molecule has 4 heteroatoms. The molecule has 1 saturated heterocycles. The topological polar surface area (TPSA) is 49.4 Å². The third-order valence-electron chi connectivity index (χ3n) is 5.93. The number of nitrogens with one attached hydrogen (secondary N) is 1. The molecule has 116 valence electrons. The molecule has 4 fully saturated rings. The SMILES string of the molecule is O=C1CC(NCC(C2CC2)C2CC2)C(=O)N1C1CCCC1. The van der Waals surface area contributed by atoms with Gasteiger partial charge in [0.05, 0.1) is 12.5 Å². The Morgan fingerprint density at radius 1 is 1.00 bits per heavy atom. The van der Waals surface area contributed by atoms with Gasteiger partial charge in [0, 0.05) is 6.04 Å². The van der Waals surface area contributed by atoms with Crippen LogP contribution in [0.25, 0.3) is 0 Å². The zero-order chi connectivity index (χ0) is 14.4. The van der Waals surface area contributed by atoms with Crippen LogP contribution in [-0.2, 0) is 9.59 Å². The summed E-state index contributed by atoms with van der Waals surface area (Å²) in [6.45, 7) is 0.942. The van der Waals surface area contributed by atoms with Crippen molar-refractivity contribution in [2.45, 2.75) is 69.9 Å². The van der Waals surface area contributed by atoms with Crippen LogP contribution in [0, 0.1) is 17.8 Å². The minimum Gasteiger partial charge on any atom is -0.305 e. The molecule has 1 N–H and O–H groups in total. The second-order valence-corrected chi connectivity index (χ2v) is 7.54. The zero-order valence-electron chi connectivity index (χ0n) is 12.7. The van der Waals surface area contributed by atoms with Crippen LogP contribution in [0.15, 0.2) is 0 Å². The molecular weight excluding hydrogens is 264 g/mol. The van der Waals surface area contributed by atoms with E-state index in [1.54, 1.807) is 4.90 Å². The standard InChI is InChI=1S/C17H26N2O2/c20-16-9-15(17(21)19(16)13-3-1-2-4-13)18-10-14(11-5-6-11)12-7-8-12/h11-15,18H,1-10H2. The quantitative estimate of drug-likeness (QED) is 0.762. The molecule has 4 nitrogen and oxygen atoms in total. The monoisotopic (exact) mass is 290 g/mol. The molecule has 0 aromatic rings.